The van der Waals surface area contributed by atoms with Crippen molar-refractivity contribution in [3.63, 3.8) is 0 Å². The fourth-order valence-corrected chi connectivity index (χ4v) is 3.24. The molecule has 0 saturated carbocycles. The standard InChI is InChI=1S/2C9H17NO/c1-2-5-8-6-3-4-7-10-9(8)11;1-2-5-8-6-3-4-7-9(11)10-8/h2*8H,2-7H2,1H3,(H,10,11). The summed E-state index contributed by atoms with van der Waals surface area (Å²) in [6.45, 7) is 5.19. The second-order valence-corrected chi connectivity index (χ2v) is 6.57. The number of nitrogens with one attached hydrogen (secondary N) is 2. The molecule has 2 aliphatic heterocycles. The Labute approximate surface area is 135 Å². The Morgan fingerprint density at radius 3 is 2.41 bits per heavy atom. The molecular formula is C18H34N2O2. The number of hydrogen-bond acceptors (Lipinski definition) is 2. The van der Waals surface area contributed by atoms with Crippen LogP contribution >= 0.6 is 0 Å². The fourth-order valence-electron chi connectivity index (χ4n) is 3.24. The molecular weight excluding hydrogens is 276 g/mol. The number of carbonyl (C=O) groups is 2. The molecule has 128 valence electrons. The molecule has 22 heavy (non-hydrogen) atoms. The van der Waals surface area contributed by atoms with Crippen LogP contribution in [0.5, 0.6) is 0 Å². The van der Waals surface area contributed by atoms with E-state index in [0.717, 1.165) is 51.5 Å². The fraction of sp³-hybridized carbons (Fsp3) is 0.889. The van der Waals surface area contributed by atoms with Crippen LogP contribution in [-0.4, -0.2) is 24.4 Å². The van der Waals surface area contributed by atoms with E-state index in [1.165, 1.54) is 25.7 Å². The van der Waals surface area contributed by atoms with Crippen molar-refractivity contribution in [2.45, 2.75) is 90.5 Å². The van der Waals surface area contributed by atoms with Crippen molar-refractivity contribution in [3.05, 3.63) is 0 Å². The van der Waals surface area contributed by atoms with Crippen molar-refractivity contribution in [2.24, 2.45) is 5.92 Å². The molecule has 0 bridgehead atoms. The highest BCUT2D eigenvalue weighted by atomic mass is 16.2. The molecule has 0 radical (unpaired) electrons. The van der Waals surface area contributed by atoms with E-state index in [2.05, 4.69) is 24.5 Å². The summed E-state index contributed by atoms with van der Waals surface area (Å²) >= 11 is 0. The van der Waals surface area contributed by atoms with Gasteiger partial charge in [0.05, 0.1) is 0 Å². The first-order chi connectivity index (χ1) is 10.7. The molecule has 0 aromatic carbocycles. The third kappa shape index (κ3) is 7.81. The number of amides is 2. The highest BCUT2D eigenvalue weighted by Crippen LogP contribution is 2.17. The lowest BCUT2D eigenvalue weighted by Crippen LogP contribution is -2.32. The molecule has 4 nitrogen and oxygen atoms in total. The Balaban J connectivity index is 0.000000220. The van der Waals surface area contributed by atoms with Gasteiger partial charge in [0.15, 0.2) is 0 Å². The molecule has 0 spiro atoms. The Hall–Kier alpha value is -1.06. The van der Waals surface area contributed by atoms with Crippen molar-refractivity contribution in [3.8, 4) is 0 Å². The van der Waals surface area contributed by atoms with Crippen LogP contribution in [0.4, 0.5) is 0 Å². The summed E-state index contributed by atoms with van der Waals surface area (Å²) in [5.74, 6) is 0.841. The molecule has 2 heterocycles. The van der Waals surface area contributed by atoms with Gasteiger partial charge < -0.3 is 10.6 Å². The lowest BCUT2D eigenvalue weighted by atomic mass is 9.98. The van der Waals surface area contributed by atoms with E-state index < -0.39 is 0 Å². The maximum Gasteiger partial charge on any atom is 0.223 e. The lowest BCUT2D eigenvalue weighted by molar-refractivity contribution is -0.125. The van der Waals surface area contributed by atoms with E-state index in [4.69, 9.17) is 0 Å². The third-order valence-electron chi connectivity index (χ3n) is 4.50. The normalized spacial score (nSPS) is 25.9. The predicted octanol–water partition coefficient (Wildman–Crippen LogP) is 3.55. The van der Waals surface area contributed by atoms with E-state index in [-0.39, 0.29) is 11.8 Å². The van der Waals surface area contributed by atoms with Gasteiger partial charge in [0.25, 0.3) is 0 Å². The Kier molecular flexibility index (Phi) is 9.93. The zero-order valence-corrected chi connectivity index (χ0v) is 14.5. The lowest BCUT2D eigenvalue weighted by Gasteiger charge is -2.13. The smallest absolute Gasteiger partial charge is 0.223 e. The van der Waals surface area contributed by atoms with Crippen LogP contribution in [0.1, 0.15) is 84.5 Å². The van der Waals surface area contributed by atoms with Gasteiger partial charge in [-0.25, -0.2) is 0 Å². The maximum absolute atomic E-state index is 11.3. The summed E-state index contributed by atoms with van der Waals surface area (Å²) in [6, 6.07) is 0.468. The highest BCUT2D eigenvalue weighted by Gasteiger charge is 2.18. The minimum Gasteiger partial charge on any atom is -0.356 e. The van der Waals surface area contributed by atoms with Crippen LogP contribution < -0.4 is 10.6 Å². The van der Waals surface area contributed by atoms with Gasteiger partial charge in [-0.1, -0.05) is 39.5 Å². The highest BCUT2D eigenvalue weighted by molar-refractivity contribution is 5.78. The summed E-state index contributed by atoms with van der Waals surface area (Å²) in [4.78, 5) is 22.4. The summed E-state index contributed by atoms with van der Waals surface area (Å²) in [5.41, 5.74) is 0. The molecule has 2 saturated heterocycles. The van der Waals surface area contributed by atoms with Gasteiger partial charge in [-0.05, 0) is 38.5 Å². The Bertz CT molecular complexity index is 331. The van der Waals surface area contributed by atoms with E-state index in [9.17, 15) is 9.59 Å². The van der Waals surface area contributed by atoms with Crippen LogP contribution in [0.3, 0.4) is 0 Å². The van der Waals surface area contributed by atoms with Gasteiger partial charge in [0.1, 0.15) is 0 Å². The van der Waals surface area contributed by atoms with Crippen LogP contribution in [0.25, 0.3) is 0 Å². The van der Waals surface area contributed by atoms with Crippen molar-refractivity contribution < 1.29 is 9.59 Å². The molecule has 2 rings (SSSR count). The van der Waals surface area contributed by atoms with Crippen LogP contribution in [0, 0.1) is 5.92 Å². The monoisotopic (exact) mass is 310 g/mol. The first kappa shape index (κ1) is 19.0. The van der Waals surface area contributed by atoms with Gasteiger partial charge in [-0.3, -0.25) is 9.59 Å². The van der Waals surface area contributed by atoms with Crippen molar-refractivity contribution in [2.75, 3.05) is 6.54 Å². The summed E-state index contributed by atoms with van der Waals surface area (Å²) in [5, 5.41) is 5.98. The molecule has 2 N–H and O–H groups in total. The second-order valence-electron chi connectivity index (χ2n) is 6.57. The quantitative estimate of drug-likeness (QED) is 0.834. The molecule has 0 aliphatic carbocycles. The molecule has 0 aromatic heterocycles. The average molecular weight is 310 g/mol. The van der Waals surface area contributed by atoms with E-state index in [0.29, 0.717) is 12.0 Å². The van der Waals surface area contributed by atoms with Crippen LogP contribution in [-0.2, 0) is 9.59 Å². The van der Waals surface area contributed by atoms with Gasteiger partial charge >= 0.3 is 0 Å². The first-order valence-electron chi connectivity index (χ1n) is 9.24. The predicted molar refractivity (Wildman–Crippen MR) is 90.6 cm³/mol. The third-order valence-corrected chi connectivity index (χ3v) is 4.50. The number of carbonyl (C=O) groups excluding carboxylic acids is 2. The van der Waals surface area contributed by atoms with Crippen molar-refractivity contribution in [1.29, 1.82) is 0 Å². The zero-order chi connectivity index (χ0) is 16.2. The van der Waals surface area contributed by atoms with Gasteiger partial charge in [0, 0.05) is 24.9 Å². The molecule has 0 aromatic rings. The average Bonchev–Trinajstić information content (AvgIpc) is 2.82. The molecule has 2 aliphatic rings. The van der Waals surface area contributed by atoms with E-state index in [1.54, 1.807) is 0 Å². The van der Waals surface area contributed by atoms with Gasteiger partial charge in [-0.15, -0.1) is 0 Å². The molecule has 2 atom stereocenters. The summed E-state index contributed by atoms with van der Waals surface area (Å²) in [6.07, 6.45) is 12.2. The molecule has 2 unspecified atom stereocenters. The zero-order valence-electron chi connectivity index (χ0n) is 14.5. The molecule has 4 heteroatoms. The minimum absolute atomic E-state index is 0.251. The van der Waals surface area contributed by atoms with Crippen molar-refractivity contribution in [1.82, 2.24) is 10.6 Å². The van der Waals surface area contributed by atoms with E-state index >= 15 is 0 Å². The Morgan fingerprint density at radius 2 is 1.68 bits per heavy atom. The van der Waals surface area contributed by atoms with Gasteiger partial charge in [0.2, 0.25) is 11.8 Å². The topological polar surface area (TPSA) is 58.2 Å². The summed E-state index contributed by atoms with van der Waals surface area (Å²) in [7, 11) is 0. The largest absolute Gasteiger partial charge is 0.356 e. The van der Waals surface area contributed by atoms with E-state index in [1.807, 2.05) is 0 Å². The second kappa shape index (κ2) is 11.5. The first-order valence-corrected chi connectivity index (χ1v) is 9.24. The summed E-state index contributed by atoms with van der Waals surface area (Å²) < 4.78 is 0. The number of hydrogen-bond donors (Lipinski definition) is 2. The number of rotatable bonds is 4. The SMILES string of the molecule is CCCC1CCCCC(=O)N1.CCCC1CCCCNC1=O. The minimum atomic E-state index is 0.251. The van der Waals surface area contributed by atoms with Crippen LogP contribution in [0.2, 0.25) is 0 Å². The maximum atomic E-state index is 11.3. The Morgan fingerprint density at radius 1 is 0.955 bits per heavy atom. The van der Waals surface area contributed by atoms with Crippen molar-refractivity contribution >= 4 is 11.8 Å². The van der Waals surface area contributed by atoms with Crippen LogP contribution in [0.15, 0.2) is 0 Å². The van der Waals surface area contributed by atoms with Gasteiger partial charge in [-0.2, -0.15) is 0 Å². The molecule has 2 amide bonds. The molecule has 2 fully saturated rings.